The largest absolute Gasteiger partial charge is 0.306 e. The van der Waals surface area contributed by atoms with E-state index in [9.17, 15) is 4.79 Å². The van der Waals surface area contributed by atoms with Gasteiger partial charge in [-0.25, -0.2) is 0 Å². The monoisotopic (exact) mass is 157 g/mol. The Balaban J connectivity index is 0.000000461. The Kier molecular flexibility index (Phi) is 5.12. The molecule has 0 aromatic carbocycles. The number of carbonyl (C=O) groups excluding carboxylic acids is 1. The van der Waals surface area contributed by atoms with E-state index in [4.69, 9.17) is 0 Å². The van der Waals surface area contributed by atoms with E-state index in [0.29, 0.717) is 11.7 Å². The maximum Gasteiger partial charge on any atom is 0.134 e. The summed E-state index contributed by atoms with van der Waals surface area (Å²) in [6.45, 7) is 7.74. The van der Waals surface area contributed by atoms with E-state index < -0.39 is 0 Å². The van der Waals surface area contributed by atoms with Gasteiger partial charge in [-0.2, -0.15) is 0 Å². The highest BCUT2D eigenvalue weighted by molar-refractivity contribution is 5.78. The van der Waals surface area contributed by atoms with Gasteiger partial charge in [0.2, 0.25) is 0 Å². The molecule has 0 unspecified atom stereocenters. The minimum atomic E-state index is 0.329. The van der Waals surface area contributed by atoms with E-state index in [0.717, 1.165) is 19.5 Å². The second-order valence-corrected chi connectivity index (χ2v) is 2.86. The van der Waals surface area contributed by atoms with Crippen molar-refractivity contribution >= 4 is 5.78 Å². The Bertz CT molecular complexity index is 123. The number of likely N-dealkylation sites (tertiary alicyclic amines) is 1. The van der Waals surface area contributed by atoms with Crippen LogP contribution in [0, 0.1) is 5.92 Å². The highest BCUT2D eigenvalue weighted by Gasteiger charge is 2.22. The lowest BCUT2D eigenvalue weighted by Crippen LogP contribution is -2.17. The summed E-state index contributed by atoms with van der Waals surface area (Å²) < 4.78 is 0. The van der Waals surface area contributed by atoms with E-state index in [2.05, 4.69) is 11.9 Å². The van der Waals surface area contributed by atoms with Crippen molar-refractivity contribution in [1.29, 1.82) is 0 Å². The predicted molar refractivity (Wildman–Crippen MR) is 47.6 cm³/mol. The van der Waals surface area contributed by atoms with E-state index in [1.807, 2.05) is 13.8 Å². The topological polar surface area (TPSA) is 20.3 Å². The van der Waals surface area contributed by atoms with Crippen LogP contribution in [0.5, 0.6) is 0 Å². The number of ketones is 1. The fourth-order valence-electron chi connectivity index (χ4n) is 1.27. The number of rotatable bonds is 1. The molecule has 1 aliphatic heterocycles. The second-order valence-electron chi connectivity index (χ2n) is 2.86. The van der Waals surface area contributed by atoms with Crippen LogP contribution in [0.4, 0.5) is 0 Å². The van der Waals surface area contributed by atoms with Crippen LogP contribution in [0.1, 0.15) is 27.2 Å². The lowest BCUT2D eigenvalue weighted by Gasteiger charge is -2.05. The maximum absolute atomic E-state index is 10.8. The molecule has 0 bridgehead atoms. The molecule has 0 spiro atoms. The average Bonchev–Trinajstić information content (AvgIpc) is 2.40. The summed E-state index contributed by atoms with van der Waals surface area (Å²) in [5.41, 5.74) is 0. The first kappa shape index (κ1) is 10.6. The van der Waals surface area contributed by atoms with Crippen LogP contribution in [-0.2, 0) is 4.79 Å². The van der Waals surface area contributed by atoms with Gasteiger partial charge in [0, 0.05) is 12.5 Å². The van der Waals surface area contributed by atoms with E-state index in [1.54, 1.807) is 6.92 Å². The summed E-state index contributed by atoms with van der Waals surface area (Å²) in [5, 5.41) is 0. The van der Waals surface area contributed by atoms with E-state index >= 15 is 0 Å². The molecule has 66 valence electrons. The number of Topliss-reactive ketones (excluding diaryl/α,β-unsaturated/α-hetero) is 1. The van der Waals surface area contributed by atoms with Crippen molar-refractivity contribution in [3.8, 4) is 0 Å². The fraction of sp³-hybridized carbons (Fsp3) is 0.889. The summed E-state index contributed by atoms with van der Waals surface area (Å²) in [6.07, 6.45) is 1.06. The third-order valence-corrected chi connectivity index (χ3v) is 1.97. The molecule has 0 aliphatic carbocycles. The highest BCUT2D eigenvalue weighted by atomic mass is 16.1. The van der Waals surface area contributed by atoms with Gasteiger partial charge < -0.3 is 4.90 Å². The normalized spacial score (nSPS) is 24.2. The lowest BCUT2D eigenvalue weighted by molar-refractivity contribution is -0.120. The first-order valence-corrected chi connectivity index (χ1v) is 4.39. The van der Waals surface area contributed by atoms with Crippen LogP contribution in [0.15, 0.2) is 0 Å². The van der Waals surface area contributed by atoms with Crippen molar-refractivity contribution in [3.05, 3.63) is 0 Å². The van der Waals surface area contributed by atoms with Crippen LogP contribution in [0.3, 0.4) is 0 Å². The van der Waals surface area contributed by atoms with Gasteiger partial charge in [0.15, 0.2) is 0 Å². The summed E-state index contributed by atoms with van der Waals surface area (Å²) in [4.78, 5) is 13.0. The zero-order valence-electron chi connectivity index (χ0n) is 8.05. The van der Waals surface area contributed by atoms with Gasteiger partial charge in [0.25, 0.3) is 0 Å². The van der Waals surface area contributed by atoms with Crippen LogP contribution in [0.25, 0.3) is 0 Å². The van der Waals surface area contributed by atoms with Gasteiger partial charge in [-0.1, -0.05) is 13.8 Å². The van der Waals surface area contributed by atoms with Crippen molar-refractivity contribution in [3.63, 3.8) is 0 Å². The number of carbonyl (C=O) groups is 1. The molecular weight excluding hydrogens is 138 g/mol. The molecule has 11 heavy (non-hydrogen) atoms. The molecule has 0 aromatic heterocycles. The summed E-state index contributed by atoms with van der Waals surface area (Å²) >= 11 is 0. The maximum atomic E-state index is 10.8. The third-order valence-electron chi connectivity index (χ3n) is 1.97. The van der Waals surface area contributed by atoms with E-state index in [1.165, 1.54) is 0 Å². The fourth-order valence-corrected chi connectivity index (χ4v) is 1.27. The van der Waals surface area contributed by atoms with E-state index in [-0.39, 0.29) is 0 Å². The van der Waals surface area contributed by atoms with Crippen molar-refractivity contribution in [1.82, 2.24) is 4.90 Å². The summed E-state index contributed by atoms with van der Waals surface area (Å²) in [5.74, 6) is 0.675. The molecule has 0 amide bonds. The quantitative estimate of drug-likeness (QED) is 0.575. The Labute approximate surface area is 69.6 Å². The molecule has 1 atom stereocenters. The molecule has 0 N–H and O–H groups in total. The highest BCUT2D eigenvalue weighted by Crippen LogP contribution is 2.14. The van der Waals surface area contributed by atoms with Gasteiger partial charge in [-0.3, -0.25) is 4.79 Å². The lowest BCUT2D eigenvalue weighted by atomic mass is 10.1. The number of nitrogens with zero attached hydrogens (tertiary/aromatic N) is 1. The second kappa shape index (κ2) is 5.30. The molecule has 2 nitrogen and oxygen atoms in total. The van der Waals surface area contributed by atoms with Gasteiger partial charge in [-0.05, 0) is 26.9 Å². The third kappa shape index (κ3) is 3.51. The Morgan fingerprint density at radius 3 is 2.18 bits per heavy atom. The SMILES string of the molecule is CC.CC(=O)[C@H]1CCN(C)C1. The molecule has 2 heteroatoms. The zero-order valence-corrected chi connectivity index (χ0v) is 8.05. The average molecular weight is 157 g/mol. The molecule has 0 radical (unpaired) electrons. The van der Waals surface area contributed by atoms with Gasteiger partial charge >= 0.3 is 0 Å². The Hall–Kier alpha value is -0.370. The van der Waals surface area contributed by atoms with Crippen molar-refractivity contribution in [2.75, 3.05) is 20.1 Å². The molecule has 1 fully saturated rings. The van der Waals surface area contributed by atoms with Crippen LogP contribution in [-0.4, -0.2) is 30.8 Å². The Morgan fingerprint density at radius 2 is 2.00 bits per heavy atom. The first-order valence-electron chi connectivity index (χ1n) is 4.39. The molecule has 1 rings (SSSR count). The molecule has 1 saturated heterocycles. The standard InChI is InChI=1S/C7H13NO.C2H6/c1-6(9)7-3-4-8(2)5-7;1-2/h7H,3-5H2,1-2H3;1-2H3/t7-;/m0./s1. The van der Waals surface area contributed by atoms with Gasteiger partial charge in [0.05, 0.1) is 0 Å². The van der Waals surface area contributed by atoms with Crippen LogP contribution < -0.4 is 0 Å². The minimum absolute atomic E-state index is 0.329. The number of hydrogen-bond donors (Lipinski definition) is 0. The molecule has 1 heterocycles. The molecular formula is C9H19NO. The number of hydrogen-bond acceptors (Lipinski definition) is 2. The van der Waals surface area contributed by atoms with Crippen LogP contribution in [0.2, 0.25) is 0 Å². The van der Waals surface area contributed by atoms with Gasteiger partial charge in [-0.15, -0.1) is 0 Å². The van der Waals surface area contributed by atoms with Gasteiger partial charge in [0.1, 0.15) is 5.78 Å². The molecule has 1 aliphatic rings. The van der Waals surface area contributed by atoms with Crippen molar-refractivity contribution in [2.24, 2.45) is 5.92 Å². The summed E-state index contributed by atoms with van der Waals surface area (Å²) in [6, 6.07) is 0. The van der Waals surface area contributed by atoms with Crippen molar-refractivity contribution < 1.29 is 4.79 Å². The van der Waals surface area contributed by atoms with Crippen LogP contribution >= 0.6 is 0 Å². The minimum Gasteiger partial charge on any atom is -0.306 e. The predicted octanol–water partition coefficient (Wildman–Crippen LogP) is 1.55. The molecule has 0 aromatic rings. The van der Waals surface area contributed by atoms with Crippen molar-refractivity contribution in [2.45, 2.75) is 27.2 Å². The smallest absolute Gasteiger partial charge is 0.134 e. The molecule has 0 saturated carbocycles. The summed E-state index contributed by atoms with van der Waals surface area (Å²) in [7, 11) is 2.06. The Morgan fingerprint density at radius 1 is 1.45 bits per heavy atom. The first-order chi connectivity index (χ1) is 5.20. The zero-order chi connectivity index (χ0) is 8.85.